The van der Waals surface area contributed by atoms with Gasteiger partial charge in [-0.15, -0.1) is 5.10 Å². The molecular weight excluding hydrogens is 206 g/mol. The van der Waals surface area contributed by atoms with E-state index in [0.717, 1.165) is 13.0 Å². The molecule has 1 aromatic heterocycles. The number of aryl methyl sites for hydroxylation is 1. The minimum absolute atomic E-state index is 0.206. The second-order valence-electron chi connectivity index (χ2n) is 4.08. The lowest BCUT2D eigenvalue weighted by Gasteiger charge is -2.09. The highest BCUT2D eigenvalue weighted by molar-refractivity contribution is 5.90. The zero-order valence-electron chi connectivity index (χ0n) is 9.42. The maximum atomic E-state index is 11.6. The van der Waals surface area contributed by atoms with Crippen molar-refractivity contribution >= 4 is 5.91 Å². The first-order valence-corrected chi connectivity index (χ1v) is 5.66. The molecule has 16 heavy (non-hydrogen) atoms. The Bertz CT molecular complexity index is 356. The number of carbonyl (C=O) groups is 1. The Morgan fingerprint density at radius 1 is 1.62 bits per heavy atom. The summed E-state index contributed by atoms with van der Waals surface area (Å²) >= 11 is 0. The van der Waals surface area contributed by atoms with Crippen molar-refractivity contribution in [1.29, 1.82) is 0 Å². The van der Waals surface area contributed by atoms with Gasteiger partial charge in [-0.2, -0.15) is 0 Å². The Kier molecular flexibility index (Phi) is 3.51. The van der Waals surface area contributed by atoms with Gasteiger partial charge in [-0.05, 0) is 32.7 Å². The minimum Gasteiger partial charge on any atom is -0.349 e. The predicted octanol–water partition coefficient (Wildman–Crippen LogP) is -0.0150. The summed E-state index contributed by atoms with van der Waals surface area (Å²) in [6.45, 7) is 3.54. The second-order valence-corrected chi connectivity index (χ2v) is 4.08. The highest BCUT2D eigenvalue weighted by Gasteiger charge is 2.15. The Morgan fingerprint density at radius 2 is 2.50 bits per heavy atom. The van der Waals surface area contributed by atoms with E-state index in [9.17, 15) is 4.79 Å². The molecule has 0 saturated carbocycles. The topological polar surface area (TPSA) is 82.7 Å². The number of carbonyl (C=O) groups excluding carboxylic acids is 1. The average molecular weight is 223 g/mol. The largest absolute Gasteiger partial charge is 0.349 e. The van der Waals surface area contributed by atoms with E-state index >= 15 is 0 Å². The van der Waals surface area contributed by atoms with Gasteiger partial charge in [0, 0.05) is 12.6 Å². The van der Waals surface area contributed by atoms with E-state index in [1.807, 2.05) is 0 Å². The lowest BCUT2D eigenvalue weighted by Crippen LogP contribution is -2.31. The zero-order chi connectivity index (χ0) is 11.4. The molecule has 3 N–H and O–H groups in total. The van der Waals surface area contributed by atoms with Crippen LogP contribution in [0.25, 0.3) is 0 Å². The van der Waals surface area contributed by atoms with Gasteiger partial charge < -0.3 is 10.6 Å². The molecule has 1 saturated heterocycles. The Hall–Kier alpha value is -1.43. The van der Waals surface area contributed by atoms with E-state index in [0.29, 0.717) is 18.4 Å². The van der Waals surface area contributed by atoms with E-state index in [4.69, 9.17) is 0 Å². The number of amides is 1. The number of aromatic nitrogens is 3. The molecular formula is C10H17N5O. The van der Waals surface area contributed by atoms with Crippen molar-refractivity contribution < 1.29 is 4.79 Å². The molecule has 1 aliphatic heterocycles. The van der Waals surface area contributed by atoms with Crippen LogP contribution >= 0.6 is 0 Å². The molecule has 2 heterocycles. The van der Waals surface area contributed by atoms with Gasteiger partial charge in [0.15, 0.2) is 0 Å². The number of hydrogen-bond acceptors (Lipinski definition) is 4. The monoisotopic (exact) mass is 223 g/mol. The van der Waals surface area contributed by atoms with Crippen molar-refractivity contribution in [2.75, 3.05) is 13.1 Å². The lowest BCUT2D eigenvalue weighted by molar-refractivity contribution is 0.0942. The van der Waals surface area contributed by atoms with Gasteiger partial charge >= 0.3 is 0 Å². The maximum absolute atomic E-state index is 11.6. The first-order chi connectivity index (χ1) is 7.75. The number of hydrogen-bond donors (Lipinski definition) is 3. The Balaban J connectivity index is 1.71. The van der Waals surface area contributed by atoms with Crippen molar-refractivity contribution in [2.24, 2.45) is 0 Å². The summed E-state index contributed by atoms with van der Waals surface area (Å²) in [6.07, 6.45) is 3.41. The number of H-pyrrole nitrogens is 1. The molecule has 0 unspecified atom stereocenters. The van der Waals surface area contributed by atoms with Crippen molar-refractivity contribution in [1.82, 2.24) is 25.8 Å². The quantitative estimate of drug-likeness (QED) is 0.670. The van der Waals surface area contributed by atoms with Crippen molar-refractivity contribution in [3.63, 3.8) is 0 Å². The molecule has 0 aromatic carbocycles. The van der Waals surface area contributed by atoms with Crippen LogP contribution in [0.15, 0.2) is 0 Å². The fourth-order valence-electron chi connectivity index (χ4n) is 1.89. The molecule has 0 aliphatic carbocycles. The number of rotatable bonds is 4. The summed E-state index contributed by atoms with van der Waals surface area (Å²) in [5.41, 5.74) is 0. The first-order valence-electron chi connectivity index (χ1n) is 5.66. The molecule has 6 nitrogen and oxygen atoms in total. The van der Waals surface area contributed by atoms with E-state index in [2.05, 4.69) is 25.8 Å². The molecule has 2 rings (SSSR count). The predicted molar refractivity (Wildman–Crippen MR) is 59.1 cm³/mol. The maximum Gasteiger partial charge on any atom is 0.290 e. The summed E-state index contributed by atoms with van der Waals surface area (Å²) in [6, 6.07) is 0.550. The highest BCUT2D eigenvalue weighted by Crippen LogP contribution is 2.07. The number of aromatic amines is 1. The van der Waals surface area contributed by atoms with E-state index in [-0.39, 0.29) is 11.7 Å². The van der Waals surface area contributed by atoms with Crippen molar-refractivity contribution in [3.8, 4) is 0 Å². The SMILES string of the molecule is Cc1nc(C(=O)NCC[C@H]2CCCN2)n[nH]1. The van der Waals surface area contributed by atoms with Crippen LogP contribution in [0, 0.1) is 6.92 Å². The smallest absolute Gasteiger partial charge is 0.290 e. The second kappa shape index (κ2) is 5.07. The zero-order valence-corrected chi connectivity index (χ0v) is 9.42. The highest BCUT2D eigenvalue weighted by atomic mass is 16.2. The molecule has 1 amide bonds. The molecule has 1 fully saturated rings. The van der Waals surface area contributed by atoms with Crippen LogP contribution in [0.5, 0.6) is 0 Å². The van der Waals surface area contributed by atoms with Crippen LogP contribution in [-0.2, 0) is 0 Å². The van der Waals surface area contributed by atoms with Crippen LogP contribution in [-0.4, -0.2) is 40.2 Å². The van der Waals surface area contributed by atoms with Gasteiger partial charge in [-0.25, -0.2) is 4.98 Å². The van der Waals surface area contributed by atoms with Crippen LogP contribution in [0.1, 0.15) is 35.7 Å². The van der Waals surface area contributed by atoms with Gasteiger partial charge in [0.2, 0.25) is 5.82 Å². The Labute approximate surface area is 94.2 Å². The molecule has 0 bridgehead atoms. The molecule has 6 heteroatoms. The third kappa shape index (κ3) is 2.79. The Morgan fingerprint density at radius 3 is 3.12 bits per heavy atom. The number of nitrogens with zero attached hydrogens (tertiary/aromatic N) is 2. The minimum atomic E-state index is -0.206. The van der Waals surface area contributed by atoms with Gasteiger partial charge in [0.05, 0.1) is 0 Å². The summed E-state index contributed by atoms with van der Waals surface area (Å²) < 4.78 is 0. The summed E-state index contributed by atoms with van der Waals surface area (Å²) in [4.78, 5) is 15.5. The summed E-state index contributed by atoms with van der Waals surface area (Å²) in [5.74, 6) is 0.668. The van der Waals surface area contributed by atoms with Crippen LogP contribution in [0.4, 0.5) is 0 Å². The first kappa shape index (κ1) is 11.1. The van der Waals surface area contributed by atoms with Crippen LogP contribution in [0.2, 0.25) is 0 Å². The van der Waals surface area contributed by atoms with Gasteiger partial charge in [-0.3, -0.25) is 9.89 Å². The summed E-state index contributed by atoms with van der Waals surface area (Å²) in [7, 11) is 0. The van der Waals surface area contributed by atoms with Crippen molar-refractivity contribution in [3.05, 3.63) is 11.6 Å². The van der Waals surface area contributed by atoms with Gasteiger partial charge in [-0.1, -0.05) is 0 Å². The average Bonchev–Trinajstić information content (AvgIpc) is 2.89. The van der Waals surface area contributed by atoms with Crippen LogP contribution in [0.3, 0.4) is 0 Å². The fourth-order valence-corrected chi connectivity index (χ4v) is 1.89. The number of nitrogens with one attached hydrogen (secondary N) is 3. The molecule has 1 aromatic rings. The third-order valence-electron chi connectivity index (χ3n) is 2.74. The standard InChI is InChI=1S/C10H17N5O/c1-7-13-9(15-14-7)10(16)12-6-4-8-3-2-5-11-8/h8,11H,2-6H2,1H3,(H,12,16)(H,13,14,15)/t8-/m1/s1. The summed E-state index contributed by atoms with van der Waals surface area (Å²) in [5, 5.41) is 12.6. The fraction of sp³-hybridized carbons (Fsp3) is 0.700. The van der Waals surface area contributed by atoms with Gasteiger partial charge in [0.1, 0.15) is 5.82 Å². The molecule has 1 aliphatic rings. The van der Waals surface area contributed by atoms with E-state index in [1.54, 1.807) is 6.92 Å². The molecule has 88 valence electrons. The molecule has 0 radical (unpaired) electrons. The van der Waals surface area contributed by atoms with E-state index in [1.165, 1.54) is 12.8 Å². The van der Waals surface area contributed by atoms with E-state index < -0.39 is 0 Å². The third-order valence-corrected chi connectivity index (χ3v) is 2.74. The molecule has 0 spiro atoms. The van der Waals surface area contributed by atoms with Crippen LogP contribution < -0.4 is 10.6 Å². The van der Waals surface area contributed by atoms with Crippen molar-refractivity contribution in [2.45, 2.75) is 32.2 Å². The lowest BCUT2D eigenvalue weighted by atomic mass is 10.1. The molecule has 1 atom stereocenters. The normalized spacial score (nSPS) is 19.9. The van der Waals surface area contributed by atoms with Gasteiger partial charge in [0.25, 0.3) is 5.91 Å².